The highest BCUT2D eigenvalue weighted by Gasteiger charge is 2.08. The van der Waals surface area contributed by atoms with Crippen LogP contribution in [0.3, 0.4) is 0 Å². The zero-order valence-electron chi connectivity index (χ0n) is 9.06. The summed E-state index contributed by atoms with van der Waals surface area (Å²) in [6.45, 7) is 5.18. The number of rotatable bonds is 7. The van der Waals surface area contributed by atoms with E-state index in [4.69, 9.17) is 5.11 Å². The second kappa shape index (κ2) is 7.16. The Morgan fingerprint density at radius 1 is 1.53 bits per heavy atom. The molecule has 0 amide bonds. The molecule has 2 N–H and O–H groups in total. The quantitative estimate of drug-likeness (QED) is 0.711. The number of thioether (sulfide) groups is 1. The van der Waals surface area contributed by atoms with E-state index >= 15 is 0 Å². The summed E-state index contributed by atoms with van der Waals surface area (Å²) in [5.41, 5.74) is 0. The summed E-state index contributed by atoms with van der Waals surface area (Å²) in [5.74, 6) is 0.838. The van der Waals surface area contributed by atoms with E-state index in [9.17, 15) is 0 Å². The average molecular weight is 247 g/mol. The van der Waals surface area contributed by atoms with Crippen LogP contribution in [0.4, 0.5) is 0 Å². The number of hydrogen-bond acceptors (Lipinski definition) is 6. The van der Waals surface area contributed by atoms with Crippen molar-refractivity contribution in [1.29, 1.82) is 0 Å². The fourth-order valence-electron chi connectivity index (χ4n) is 1.03. The Morgan fingerprint density at radius 3 is 2.87 bits per heavy atom. The van der Waals surface area contributed by atoms with Crippen LogP contribution in [0, 0.1) is 6.92 Å². The predicted molar refractivity (Wildman–Crippen MR) is 64.5 cm³/mol. The van der Waals surface area contributed by atoms with Crippen molar-refractivity contribution < 1.29 is 5.11 Å². The molecule has 1 heterocycles. The lowest BCUT2D eigenvalue weighted by molar-refractivity contribution is 0.254. The first-order valence-electron chi connectivity index (χ1n) is 5.03. The molecule has 6 heteroatoms. The van der Waals surface area contributed by atoms with Crippen molar-refractivity contribution in [3.8, 4) is 0 Å². The number of aryl methyl sites for hydroxylation is 1. The molecule has 0 saturated carbocycles. The molecule has 1 rings (SSSR count). The minimum absolute atomic E-state index is 0.152. The van der Waals surface area contributed by atoms with Gasteiger partial charge in [-0.15, -0.1) is 10.2 Å². The summed E-state index contributed by atoms with van der Waals surface area (Å²) in [6.07, 6.45) is 1.08. The van der Waals surface area contributed by atoms with Crippen molar-refractivity contribution in [1.82, 2.24) is 15.5 Å². The van der Waals surface area contributed by atoms with Gasteiger partial charge in [0.05, 0.1) is 6.61 Å². The lowest BCUT2D eigenvalue weighted by Gasteiger charge is -2.13. The molecule has 0 aliphatic carbocycles. The maximum atomic E-state index is 9.13. The Morgan fingerprint density at radius 2 is 2.33 bits per heavy atom. The molecule has 15 heavy (non-hydrogen) atoms. The molecule has 1 aromatic heterocycles. The van der Waals surface area contributed by atoms with E-state index in [-0.39, 0.29) is 12.6 Å². The van der Waals surface area contributed by atoms with Gasteiger partial charge < -0.3 is 10.4 Å². The predicted octanol–water partition coefficient (Wildman–Crippen LogP) is 1.30. The molecular formula is C9H17N3OS2. The van der Waals surface area contributed by atoms with Crippen molar-refractivity contribution in [3.05, 3.63) is 5.01 Å². The van der Waals surface area contributed by atoms with Crippen molar-refractivity contribution in [2.45, 2.75) is 30.6 Å². The van der Waals surface area contributed by atoms with Gasteiger partial charge in [-0.1, -0.05) is 30.0 Å². The molecule has 0 aliphatic heterocycles. The summed E-state index contributed by atoms with van der Waals surface area (Å²) < 4.78 is 0.976. The Labute approximate surface area is 98.5 Å². The van der Waals surface area contributed by atoms with Gasteiger partial charge in [-0.25, -0.2) is 0 Å². The number of aromatic nitrogens is 2. The molecule has 1 unspecified atom stereocenters. The first-order valence-corrected chi connectivity index (χ1v) is 6.83. The molecule has 0 saturated heterocycles. The van der Waals surface area contributed by atoms with E-state index < -0.39 is 0 Å². The zero-order valence-corrected chi connectivity index (χ0v) is 10.7. The van der Waals surface area contributed by atoms with E-state index in [1.807, 2.05) is 6.92 Å². The average Bonchev–Trinajstić information content (AvgIpc) is 2.65. The van der Waals surface area contributed by atoms with Crippen LogP contribution in [0.1, 0.15) is 18.4 Å². The number of nitrogens with zero attached hydrogens (tertiary/aromatic N) is 2. The molecule has 0 aromatic carbocycles. The SMILES string of the molecule is CCCNC(CO)CSc1nnc(C)s1. The minimum Gasteiger partial charge on any atom is -0.395 e. The summed E-state index contributed by atoms with van der Waals surface area (Å²) in [4.78, 5) is 0. The van der Waals surface area contributed by atoms with E-state index in [1.165, 1.54) is 0 Å². The number of aliphatic hydroxyl groups excluding tert-OH is 1. The first kappa shape index (κ1) is 12.9. The lowest BCUT2D eigenvalue weighted by atomic mass is 10.3. The van der Waals surface area contributed by atoms with Crippen molar-refractivity contribution in [2.24, 2.45) is 0 Å². The smallest absolute Gasteiger partial charge is 0.174 e. The van der Waals surface area contributed by atoms with Crippen LogP contribution in [0.5, 0.6) is 0 Å². The third kappa shape index (κ3) is 4.92. The van der Waals surface area contributed by atoms with Gasteiger partial charge in [-0.3, -0.25) is 0 Å². The molecular weight excluding hydrogens is 230 g/mol. The number of nitrogens with one attached hydrogen (secondary N) is 1. The maximum Gasteiger partial charge on any atom is 0.174 e. The summed E-state index contributed by atoms with van der Waals surface area (Å²) in [7, 11) is 0. The fourth-order valence-corrected chi connectivity index (χ4v) is 2.92. The summed E-state index contributed by atoms with van der Waals surface area (Å²) in [5, 5.41) is 21.4. The van der Waals surface area contributed by atoms with Gasteiger partial charge in [0, 0.05) is 11.8 Å². The van der Waals surface area contributed by atoms with E-state index in [0.717, 1.165) is 28.1 Å². The second-order valence-corrected chi connectivity index (χ2v) is 5.68. The van der Waals surface area contributed by atoms with Gasteiger partial charge in [0.25, 0.3) is 0 Å². The Kier molecular flexibility index (Phi) is 6.16. The van der Waals surface area contributed by atoms with Crippen LogP contribution in [0.25, 0.3) is 0 Å². The van der Waals surface area contributed by atoms with Gasteiger partial charge in [-0.2, -0.15) is 0 Å². The standard InChI is InChI=1S/C9H17N3OS2/c1-3-4-10-8(5-13)6-14-9-12-11-7(2)15-9/h8,10,13H,3-6H2,1-2H3. The molecule has 0 spiro atoms. The highest BCUT2D eigenvalue weighted by molar-refractivity contribution is 8.01. The van der Waals surface area contributed by atoms with Gasteiger partial charge in [0.15, 0.2) is 4.34 Å². The zero-order chi connectivity index (χ0) is 11.1. The maximum absolute atomic E-state index is 9.13. The minimum atomic E-state index is 0.152. The molecule has 1 aromatic rings. The molecule has 1 atom stereocenters. The van der Waals surface area contributed by atoms with Crippen LogP contribution >= 0.6 is 23.1 Å². The van der Waals surface area contributed by atoms with Crippen LogP contribution < -0.4 is 5.32 Å². The highest BCUT2D eigenvalue weighted by Crippen LogP contribution is 2.22. The Bertz CT molecular complexity index is 280. The first-order chi connectivity index (χ1) is 7.26. The lowest BCUT2D eigenvalue weighted by Crippen LogP contribution is -2.35. The van der Waals surface area contributed by atoms with Gasteiger partial charge in [0.2, 0.25) is 0 Å². The van der Waals surface area contributed by atoms with Crippen LogP contribution in [0.15, 0.2) is 4.34 Å². The van der Waals surface area contributed by atoms with Gasteiger partial charge in [-0.05, 0) is 19.9 Å². The number of hydrogen-bond donors (Lipinski definition) is 2. The van der Waals surface area contributed by atoms with Crippen molar-refractivity contribution in [2.75, 3.05) is 18.9 Å². The molecule has 4 nitrogen and oxygen atoms in total. The van der Waals surface area contributed by atoms with Crippen LogP contribution in [-0.2, 0) is 0 Å². The third-order valence-corrected chi connectivity index (χ3v) is 3.95. The normalized spacial score (nSPS) is 13.0. The second-order valence-electron chi connectivity index (χ2n) is 3.23. The Hall–Kier alpha value is -0.170. The molecule has 0 radical (unpaired) electrons. The highest BCUT2D eigenvalue weighted by atomic mass is 32.2. The summed E-state index contributed by atoms with van der Waals surface area (Å²) in [6, 6.07) is 0.152. The van der Waals surface area contributed by atoms with Gasteiger partial charge >= 0.3 is 0 Å². The molecule has 86 valence electrons. The monoisotopic (exact) mass is 247 g/mol. The number of aliphatic hydroxyl groups is 1. The molecule has 0 fully saturated rings. The Balaban J connectivity index is 2.27. The fraction of sp³-hybridized carbons (Fsp3) is 0.778. The van der Waals surface area contributed by atoms with Crippen LogP contribution in [-0.4, -0.2) is 40.3 Å². The van der Waals surface area contributed by atoms with Crippen molar-refractivity contribution >= 4 is 23.1 Å². The molecule has 0 aliphatic rings. The third-order valence-electron chi connectivity index (χ3n) is 1.82. The largest absolute Gasteiger partial charge is 0.395 e. The van der Waals surface area contributed by atoms with E-state index in [2.05, 4.69) is 22.4 Å². The summed E-state index contributed by atoms with van der Waals surface area (Å²) >= 11 is 3.24. The molecule has 0 bridgehead atoms. The van der Waals surface area contributed by atoms with Crippen LogP contribution in [0.2, 0.25) is 0 Å². The van der Waals surface area contributed by atoms with E-state index in [0.29, 0.717) is 0 Å². The van der Waals surface area contributed by atoms with Crippen molar-refractivity contribution in [3.63, 3.8) is 0 Å². The van der Waals surface area contributed by atoms with Gasteiger partial charge in [0.1, 0.15) is 5.01 Å². The topological polar surface area (TPSA) is 58.0 Å². The van der Waals surface area contributed by atoms with E-state index in [1.54, 1.807) is 23.1 Å².